The van der Waals surface area contributed by atoms with Gasteiger partial charge < -0.3 is 19.6 Å². The van der Waals surface area contributed by atoms with Crippen LogP contribution in [-0.2, 0) is 19.1 Å². The SMILES string of the molecule is Cc1cccc(N2C[C@H](C(=O)N3CCO[C@H](C(=O)O)C3)CC2=O)c1C. The standard InChI is InChI=1S/C18H22N2O5/c1-11-4-3-5-14(12(11)2)20-9-13(8-16(20)21)17(22)19-6-7-25-15(10-19)18(23)24/h3-5,13,15H,6-10H2,1-2H3,(H,23,24)/t13-,15+/m1/s1. The summed E-state index contributed by atoms with van der Waals surface area (Å²) in [7, 11) is 0. The molecule has 2 amide bonds. The summed E-state index contributed by atoms with van der Waals surface area (Å²) in [5, 5.41) is 9.07. The van der Waals surface area contributed by atoms with E-state index in [0.29, 0.717) is 13.1 Å². The molecule has 2 aliphatic rings. The number of carboxylic acids is 1. The Labute approximate surface area is 146 Å². The zero-order valence-corrected chi connectivity index (χ0v) is 14.4. The molecule has 0 unspecified atom stereocenters. The van der Waals surface area contributed by atoms with Crippen LogP contribution in [0.25, 0.3) is 0 Å². The van der Waals surface area contributed by atoms with E-state index in [9.17, 15) is 14.4 Å². The normalized spacial score (nSPS) is 23.8. The maximum atomic E-state index is 12.7. The molecule has 0 saturated carbocycles. The molecule has 2 heterocycles. The molecule has 134 valence electrons. The number of carbonyl (C=O) groups is 3. The third-order valence-electron chi connectivity index (χ3n) is 4.99. The second kappa shape index (κ2) is 6.84. The van der Waals surface area contributed by atoms with Crippen molar-refractivity contribution in [3.8, 4) is 0 Å². The minimum atomic E-state index is -1.07. The zero-order valence-electron chi connectivity index (χ0n) is 14.4. The molecule has 7 nitrogen and oxygen atoms in total. The average molecular weight is 346 g/mol. The highest BCUT2D eigenvalue weighted by atomic mass is 16.5. The largest absolute Gasteiger partial charge is 0.479 e. The second-order valence-corrected chi connectivity index (χ2v) is 6.61. The van der Waals surface area contributed by atoms with Gasteiger partial charge in [0, 0.05) is 25.2 Å². The summed E-state index contributed by atoms with van der Waals surface area (Å²) in [6, 6.07) is 5.78. The summed E-state index contributed by atoms with van der Waals surface area (Å²) in [6.45, 7) is 4.87. The van der Waals surface area contributed by atoms with Crippen molar-refractivity contribution in [3.63, 3.8) is 0 Å². The van der Waals surface area contributed by atoms with Gasteiger partial charge in [0.2, 0.25) is 11.8 Å². The number of carboxylic acid groups (broad SMARTS) is 1. The lowest BCUT2D eigenvalue weighted by Gasteiger charge is -2.32. The van der Waals surface area contributed by atoms with Gasteiger partial charge in [-0.15, -0.1) is 0 Å². The van der Waals surface area contributed by atoms with Gasteiger partial charge in [-0.2, -0.15) is 0 Å². The molecule has 0 aliphatic carbocycles. The van der Waals surface area contributed by atoms with Gasteiger partial charge in [-0.05, 0) is 31.0 Å². The number of morpholine rings is 1. The molecule has 1 aromatic rings. The Balaban J connectivity index is 1.73. The third kappa shape index (κ3) is 3.37. The highest BCUT2D eigenvalue weighted by Crippen LogP contribution is 2.30. The number of anilines is 1. The van der Waals surface area contributed by atoms with Crippen molar-refractivity contribution in [2.75, 3.05) is 31.1 Å². The van der Waals surface area contributed by atoms with Crippen LogP contribution in [0.2, 0.25) is 0 Å². The summed E-state index contributed by atoms with van der Waals surface area (Å²) in [6.07, 6.45) is -0.841. The lowest BCUT2D eigenvalue weighted by molar-refractivity contribution is -0.160. The molecule has 0 bridgehead atoms. The zero-order chi connectivity index (χ0) is 18.1. The van der Waals surface area contributed by atoms with Crippen molar-refractivity contribution >= 4 is 23.5 Å². The van der Waals surface area contributed by atoms with E-state index in [1.807, 2.05) is 32.0 Å². The molecule has 2 fully saturated rings. The monoisotopic (exact) mass is 346 g/mol. The van der Waals surface area contributed by atoms with Crippen LogP contribution < -0.4 is 4.90 Å². The maximum absolute atomic E-state index is 12.7. The fourth-order valence-corrected chi connectivity index (χ4v) is 3.39. The van der Waals surface area contributed by atoms with Crippen molar-refractivity contribution in [2.24, 2.45) is 5.92 Å². The first-order valence-corrected chi connectivity index (χ1v) is 8.38. The van der Waals surface area contributed by atoms with Crippen LogP contribution in [0.1, 0.15) is 17.5 Å². The number of nitrogens with zero attached hydrogens (tertiary/aromatic N) is 2. The van der Waals surface area contributed by atoms with Crippen LogP contribution in [0, 0.1) is 19.8 Å². The predicted octanol–water partition coefficient (Wildman–Crippen LogP) is 0.968. The Morgan fingerprint density at radius 2 is 2.00 bits per heavy atom. The van der Waals surface area contributed by atoms with Gasteiger partial charge in [-0.1, -0.05) is 12.1 Å². The van der Waals surface area contributed by atoms with Crippen molar-refractivity contribution in [2.45, 2.75) is 26.4 Å². The van der Waals surface area contributed by atoms with E-state index < -0.39 is 18.0 Å². The highest BCUT2D eigenvalue weighted by molar-refractivity contribution is 6.01. The molecule has 3 rings (SSSR count). The van der Waals surface area contributed by atoms with E-state index in [2.05, 4.69) is 0 Å². The van der Waals surface area contributed by atoms with E-state index in [0.717, 1.165) is 16.8 Å². The molecule has 0 spiro atoms. The molecular formula is C18H22N2O5. The van der Waals surface area contributed by atoms with E-state index in [1.165, 1.54) is 4.90 Å². The van der Waals surface area contributed by atoms with Gasteiger partial charge >= 0.3 is 5.97 Å². The average Bonchev–Trinajstić information content (AvgIpc) is 2.98. The van der Waals surface area contributed by atoms with Crippen LogP contribution in [0.4, 0.5) is 5.69 Å². The highest BCUT2D eigenvalue weighted by Gasteiger charge is 2.39. The van der Waals surface area contributed by atoms with Gasteiger partial charge in [-0.25, -0.2) is 4.79 Å². The number of ether oxygens (including phenoxy) is 1. The summed E-state index contributed by atoms with van der Waals surface area (Å²) in [5.74, 6) is -1.76. The minimum absolute atomic E-state index is 0.0301. The molecule has 2 atom stereocenters. The van der Waals surface area contributed by atoms with Crippen molar-refractivity contribution in [3.05, 3.63) is 29.3 Å². The Kier molecular flexibility index (Phi) is 4.76. The van der Waals surface area contributed by atoms with E-state index in [-0.39, 0.29) is 31.4 Å². The molecule has 7 heteroatoms. The maximum Gasteiger partial charge on any atom is 0.334 e. The number of carbonyl (C=O) groups excluding carboxylic acids is 2. The smallest absolute Gasteiger partial charge is 0.334 e. The summed E-state index contributed by atoms with van der Waals surface area (Å²) in [5.41, 5.74) is 2.96. The summed E-state index contributed by atoms with van der Waals surface area (Å²) in [4.78, 5) is 39.4. The Morgan fingerprint density at radius 1 is 1.24 bits per heavy atom. The fraction of sp³-hybridized carbons (Fsp3) is 0.500. The molecule has 2 saturated heterocycles. The first-order valence-electron chi connectivity index (χ1n) is 8.38. The van der Waals surface area contributed by atoms with Crippen LogP contribution >= 0.6 is 0 Å². The molecule has 1 N–H and O–H groups in total. The molecule has 25 heavy (non-hydrogen) atoms. The van der Waals surface area contributed by atoms with Crippen LogP contribution in [0.5, 0.6) is 0 Å². The minimum Gasteiger partial charge on any atom is -0.479 e. The molecule has 0 aromatic heterocycles. The lowest BCUT2D eigenvalue weighted by Crippen LogP contribution is -2.50. The summed E-state index contributed by atoms with van der Waals surface area (Å²) < 4.78 is 5.15. The first-order chi connectivity index (χ1) is 11.9. The topological polar surface area (TPSA) is 87.2 Å². The lowest BCUT2D eigenvalue weighted by atomic mass is 10.1. The number of aryl methyl sites for hydroxylation is 1. The molecular weight excluding hydrogens is 324 g/mol. The number of hydrogen-bond donors (Lipinski definition) is 1. The summed E-state index contributed by atoms with van der Waals surface area (Å²) >= 11 is 0. The van der Waals surface area contributed by atoms with E-state index in [4.69, 9.17) is 9.84 Å². The van der Waals surface area contributed by atoms with Crippen LogP contribution in [0.15, 0.2) is 18.2 Å². The van der Waals surface area contributed by atoms with Crippen molar-refractivity contribution < 1.29 is 24.2 Å². The van der Waals surface area contributed by atoms with E-state index in [1.54, 1.807) is 4.90 Å². The Hall–Kier alpha value is -2.41. The third-order valence-corrected chi connectivity index (χ3v) is 4.99. The number of aliphatic carboxylic acids is 1. The van der Waals surface area contributed by atoms with Crippen molar-refractivity contribution in [1.82, 2.24) is 4.90 Å². The van der Waals surface area contributed by atoms with Gasteiger partial charge in [0.15, 0.2) is 6.10 Å². The molecule has 2 aliphatic heterocycles. The first kappa shape index (κ1) is 17.4. The number of benzene rings is 1. The molecule has 0 radical (unpaired) electrons. The molecule has 1 aromatic carbocycles. The predicted molar refractivity (Wildman–Crippen MR) is 90.3 cm³/mol. The number of rotatable bonds is 3. The van der Waals surface area contributed by atoms with Gasteiger partial charge in [-0.3, -0.25) is 9.59 Å². The quantitative estimate of drug-likeness (QED) is 0.881. The fourth-order valence-electron chi connectivity index (χ4n) is 3.39. The van der Waals surface area contributed by atoms with Gasteiger partial charge in [0.05, 0.1) is 19.1 Å². The Morgan fingerprint density at radius 3 is 2.72 bits per heavy atom. The van der Waals surface area contributed by atoms with E-state index >= 15 is 0 Å². The van der Waals surface area contributed by atoms with Crippen LogP contribution in [-0.4, -0.2) is 60.1 Å². The van der Waals surface area contributed by atoms with Gasteiger partial charge in [0.1, 0.15) is 0 Å². The van der Waals surface area contributed by atoms with Crippen LogP contribution in [0.3, 0.4) is 0 Å². The number of amides is 2. The van der Waals surface area contributed by atoms with Gasteiger partial charge in [0.25, 0.3) is 0 Å². The second-order valence-electron chi connectivity index (χ2n) is 6.61. The number of hydrogen-bond acceptors (Lipinski definition) is 4. The Bertz CT molecular complexity index is 717. The van der Waals surface area contributed by atoms with Crippen molar-refractivity contribution in [1.29, 1.82) is 0 Å².